The van der Waals surface area contributed by atoms with E-state index in [0.717, 1.165) is 6.42 Å². The zero-order chi connectivity index (χ0) is 10.7. The summed E-state index contributed by atoms with van der Waals surface area (Å²) in [6.45, 7) is 0.275. The first-order valence-electron chi connectivity index (χ1n) is 5.51. The third-order valence-electron chi connectivity index (χ3n) is 4.46. The van der Waals surface area contributed by atoms with E-state index in [4.69, 9.17) is 4.74 Å². The van der Waals surface area contributed by atoms with E-state index in [0.29, 0.717) is 25.7 Å². The number of hydrogen-bond donors (Lipinski definition) is 1. The van der Waals surface area contributed by atoms with Gasteiger partial charge in [0.05, 0.1) is 12.0 Å². The van der Waals surface area contributed by atoms with E-state index in [1.54, 1.807) is 0 Å². The van der Waals surface area contributed by atoms with E-state index in [2.05, 4.69) is 0 Å². The molecule has 1 N–H and O–H groups in total. The Balaban J connectivity index is 2.12. The van der Waals surface area contributed by atoms with Gasteiger partial charge < -0.3 is 9.84 Å². The Labute approximate surface area is 87.6 Å². The number of aliphatic hydroxyl groups is 1. The molecule has 1 heterocycles. The second-order valence-corrected chi connectivity index (χ2v) is 5.06. The monoisotopic (exact) mass is 210 g/mol. The lowest BCUT2D eigenvalue weighted by Crippen LogP contribution is -2.67. The Morgan fingerprint density at radius 3 is 2.80 bits per heavy atom. The number of cyclic esters (lactones) is 1. The van der Waals surface area contributed by atoms with Gasteiger partial charge >= 0.3 is 5.97 Å². The van der Waals surface area contributed by atoms with Crippen LogP contribution in [-0.2, 0) is 14.3 Å². The Morgan fingerprint density at radius 1 is 1.33 bits per heavy atom. The summed E-state index contributed by atoms with van der Waals surface area (Å²) in [6.07, 6.45) is 3.07. The first kappa shape index (κ1) is 9.33. The molecule has 4 nitrogen and oxygen atoms in total. The maximum atomic E-state index is 12.0. The number of ether oxygens (including phenoxy) is 1. The van der Waals surface area contributed by atoms with Crippen LogP contribution in [0.15, 0.2) is 0 Å². The van der Waals surface area contributed by atoms with Gasteiger partial charge in [-0.3, -0.25) is 4.79 Å². The maximum absolute atomic E-state index is 12.0. The van der Waals surface area contributed by atoms with Crippen LogP contribution in [0.3, 0.4) is 0 Å². The van der Waals surface area contributed by atoms with Crippen molar-refractivity contribution < 1.29 is 19.4 Å². The largest absolute Gasteiger partial charge is 0.463 e. The Kier molecular flexibility index (Phi) is 1.63. The summed E-state index contributed by atoms with van der Waals surface area (Å²) in [6, 6.07) is 0. The number of esters is 1. The molecule has 3 aliphatic carbocycles. The molecule has 1 saturated heterocycles. The average molecular weight is 210 g/mol. The van der Waals surface area contributed by atoms with Gasteiger partial charge in [-0.05, 0) is 31.6 Å². The number of fused-ring (bicyclic) bond motifs is 2. The molecule has 82 valence electrons. The van der Waals surface area contributed by atoms with Crippen molar-refractivity contribution in [2.75, 3.05) is 6.61 Å². The topological polar surface area (TPSA) is 63.6 Å². The molecule has 0 aromatic rings. The molecular formula is C11H14O4. The van der Waals surface area contributed by atoms with Gasteiger partial charge in [0, 0.05) is 6.42 Å². The van der Waals surface area contributed by atoms with Gasteiger partial charge in [0.15, 0.2) is 5.60 Å². The summed E-state index contributed by atoms with van der Waals surface area (Å²) in [5.74, 6) is -0.328. The fraction of sp³-hybridized carbons (Fsp3) is 0.818. The van der Waals surface area contributed by atoms with Crippen molar-refractivity contribution in [3.8, 4) is 0 Å². The van der Waals surface area contributed by atoms with Crippen LogP contribution < -0.4 is 0 Å². The van der Waals surface area contributed by atoms with Crippen molar-refractivity contribution in [3.63, 3.8) is 0 Å². The highest BCUT2D eigenvalue weighted by Gasteiger charge is 2.67. The quantitative estimate of drug-likeness (QED) is 0.589. The fourth-order valence-corrected chi connectivity index (χ4v) is 3.56. The minimum absolute atomic E-state index is 0.0733. The van der Waals surface area contributed by atoms with Crippen molar-refractivity contribution >= 4 is 11.8 Å². The van der Waals surface area contributed by atoms with Crippen LogP contribution in [0.1, 0.15) is 32.1 Å². The van der Waals surface area contributed by atoms with E-state index >= 15 is 0 Å². The molecule has 3 atom stereocenters. The molecule has 15 heavy (non-hydrogen) atoms. The van der Waals surface area contributed by atoms with Crippen LogP contribution >= 0.6 is 0 Å². The second-order valence-electron chi connectivity index (χ2n) is 5.06. The first-order valence-corrected chi connectivity index (χ1v) is 5.51. The molecule has 4 rings (SSSR count). The number of ketones is 1. The van der Waals surface area contributed by atoms with Crippen molar-refractivity contribution in [2.24, 2.45) is 11.3 Å². The van der Waals surface area contributed by atoms with Gasteiger partial charge in [-0.2, -0.15) is 0 Å². The second kappa shape index (κ2) is 2.61. The molecule has 0 aromatic heterocycles. The zero-order valence-corrected chi connectivity index (χ0v) is 8.49. The summed E-state index contributed by atoms with van der Waals surface area (Å²) < 4.78 is 4.90. The van der Waals surface area contributed by atoms with Gasteiger partial charge in [-0.15, -0.1) is 0 Å². The zero-order valence-electron chi connectivity index (χ0n) is 8.49. The highest BCUT2D eigenvalue weighted by molar-refractivity contribution is 5.97. The number of carbonyl (C=O) groups excluding carboxylic acids is 2. The normalized spacial score (nSPS) is 48.7. The van der Waals surface area contributed by atoms with Gasteiger partial charge in [0.2, 0.25) is 0 Å². The minimum Gasteiger partial charge on any atom is -0.463 e. The fourth-order valence-electron chi connectivity index (χ4n) is 3.56. The summed E-state index contributed by atoms with van der Waals surface area (Å²) >= 11 is 0. The van der Waals surface area contributed by atoms with E-state index in [9.17, 15) is 14.7 Å². The van der Waals surface area contributed by atoms with Crippen molar-refractivity contribution in [1.82, 2.24) is 0 Å². The molecule has 1 spiro atoms. The molecule has 1 aliphatic heterocycles. The van der Waals surface area contributed by atoms with Crippen LogP contribution in [0.25, 0.3) is 0 Å². The van der Waals surface area contributed by atoms with Crippen molar-refractivity contribution in [2.45, 2.75) is 37.7 Å². The summed E-state index contributed by atoms with van der Waals surface area (Å²) in [4.78, 5) is 23.7. The van der Waals surface area contributed by atoms with Gasteiger partial charge in [0.25, 0.3) is 0 Å². The molecule has 3 saturated carbocycles. The Hall–Kier alpha value is -0.900. The number of hydrogen-bond acceptors (Lipinski definition) is 4. The summed E-state index contributed by atoms with van der Waals surface area (Å²) in [5, 5.41) is 10.4. The van der Waals surface area contributed by atoms with E-state index in [1.165, 1.54) is 0 Å². The first-order chi connectivity index (χ1) is 7.08. The van der Waals surface area contributed by atoms with E-state index < -0.39 is 17.0 Å². The van der Waals surface area contributed by atoms with Crippen molar-refractivity contribution in [3.05, 3.63) is 0 Å². The average Bonchev–Trinajstić information content (AvgIpc) is 2.19. The molecular weight excluding hydrogens is 196 g/mol. The smallest absolute Gasteiger partial charge is 0.339 e. The van der Waals surface area contributed by atoms with E-state index in [1.807, 2.05) is 0 Å². The third kappa shape index (κ3) is 0.911. The van der Waals surface area contributed by atoms with Crippen molar-refractivity contribution in [1.29, 1.82) is 0 Å². The highest BCUT2D eigenvalue weighted by Crippen LogP contribution is 2.57. The number of rotatable bonds is 0. The SMILES string of the molecule is O=C1OCC[C@@]23CCC(CC2=O)CC13O. The lowest BCUT2D eigenvalue weighted by molar-refractivity contribution is -0.221. The Morgan fingerprint density at radius 2 is 2.13 bits per heavy atom. The third-order valence-corrected chi connectivity index (χ3v) is 4.46. The van der Waals surface area contributed by atoms with Gasteiger partial charge in [-0.1, -0.05) is 0 Å². The molecule has 0 radical (unpaired) electrons. The number of Topliss-reactive ketones (excluding diaryl/α,β-unsaturated/α-hetero) is 1. The lowest BCUT2D eigenvalue weighted by atomic mass is 9.50. The van der Waals surface area contributed by atoms with Crippen LogP contribution in [-0.4, -0.2) is 29.1 Å². The lowest BCUT2D eigenvalue weighted by Gasteiger charge is -2.56. The molecule has 2 bridgehead atoms. The minimum atomic E-state index is -1.51. The van der Waals surface area contributed by atoms with Gasteiger partial charge in [-0.25, -0.2) is 4.79 Å². The maximum Gasteiger partial charge on any atom is 0.339 e. The number of carbonyl (C=O) groups is 2. The highest BCUT2D eigenvalue weighted by atomic mass is 16.6. The molecule has 4 heteroatoms. The predicted molar refractivity (Wildman–Crippen MR) is 49.9 cm³/mol. The molecule has 0 amide bonds. The van der Waals surface area contributed by atoms with E-state index in [-0.39, 0.29) is 18.3 Å². The summed E-state index contributed by atoms with van der Waals surface area (Å²) in [5.41, 5.74) is -2.32. The van der Waals surface area contributed by atoms with Crippen LogP contribution in [0.2, 0.25) is 0 Å². The molecule has 0 aromatic carbocycles. The van der Waals surface area contributed by atoms with Crippen LogP contribution in [0.5, 0.6) is 0 Å². The molecule has 4 fully saturated rings. The van der Waals surface area contributed by atoms with Crippen LogP contribution in [0, 0.1) is 11.3 Å². The summed E-state index contributed by atoms with van der Waals surface area (Å²) in [7, 11) is 0. The Bertz CT molecular complexity index is 346. The van der Waals surface area contributed by atoms with Crippen LogP contribution in [0.4, 0.5) is 0 Å². The standard InChI is InChI=1S/C11H14O4/c12-8-5-7-1-2-10(8)3-4-15-9(13)11(10,14)6-7/h7,14H,1-6H2/t7?,10-,11?/m0/s1. The molecule has 2 unspecified atom stereocenters. The van der Waals surface area contributed by atoms with Gasteiger partial charge in [0.1, 0.15) is 5.78 Å². The molecule has 4 aliphatic rings. The predicted octanol–water partition coefficient (Wildman–Crippen LogP) is 0.424.